The summed E-state index contributed by atoms with van der Waals surface area (Å²) in [7, 11) is 0. The number of aromatic nitrogens is 1. The van der Waals surface area contributed by atoms with Crippen molar-refractivity contribution in [2.24, 2.45) is 0 Å². The van der Waals surface area contributed by atoms with Gasteiger partial charge in [-0.3, -0.25) is 4.98 Å². The Morgan fingerprint density at radius 3 is 2.41 bits per heavy atom. The molecular weight excluding hydrogens is 446 g/mol. The Morgan fingerprint density at radius 2 is 1.76 bits per heavy atom. The Bertz CT molecular complexity index is 1350. The summed E-state index contributed by atoms with van der Waals surface area (Å²) >= 11 is 5.79. The molecule has 0 bridgehead atoms. The number of nitrogens with one attached hydrogen (secondary N) is 1. The zero-order valence-electron chi connectivity index (χ0n) is 18.7. The van der Waals surface area contributed by atoms with Crippen LogP contribution in [0.5, 0.6) is 0 Å². The second-order valence-corrected chi connectivity index (χ2v) is 8.81. The maximum Gasteiger partial charge on any atom is 0.335 e. The van der Waals surface area contributed by atoms with Crippen molar-refractivity contribution >= 4 is 29.0 Å². The number of nitrogens with zero attached hydrogens (tertiary/aromatic N) is 2. The topological polar surface area (TPSA) is 78.6 Å². The molecule has 0 aliphatic carbocycles. The van der Waals surface area contributed by atoms with E-state index in [2.05, 4.69) is 47.2 Å². The van der Waals surface area contributed by atoms with E-state index >= 15 is 0 Å². The first kappa shape index (κ1) is 21.9. The van der Waals surface area contributed by atoms with Gasteiger partial charge in [-0.25, -0.2) is 4.79 Å². The van der Waals surface area contributed by atoms with Gasteiger partial charge in [0.2, 0.25) is 0 Å². The first-order valence-corrected chi connectivity index (χ1v) is 11.3. The second-order valence-electron chi connectivity index (χ2n) is 8.43. The molecule has 0 saturated carbocycles. The van der Waals surface area contributed by atoms with Crippen molar-refractivity contribution < 1.29 is 14.3 Å². The van der Waals surface area contributed by atoms with Gasteiger partial charge >= 0.3 is 5.97 Å². The van der Waals surface area contributed by atoms with Gasteiger partial charge in [-0.2, -0.15) is 0 Å². The highest BCUT2D eigenvalue weighted by Gasteiger charge is 2.42. The van der Waals surface area contributed by atoms with Crippen LogP contribution in [0.2, 0.25) is 0 Å². The highest BCUT2D eigenvalue weighted by atomic mass is 32.1. The number of anilines is 1. The summed E-state index contributed by atoms with van der Waals surface area (Å²) in [6, 6.07) is 22.2. The molecular formula is C27H23N3O3S. The van der Waals surface area contributed by atoms with Crippen LogP contribution in [0.1, 0.15) is 45.0 Å². The standard InChI is InChI=1S/C27H23N3O3S/c1-16-13-17(2)15-20(14-16)30-25(24(29-27(30)34)21-5-3-4-12-28-21)23-11-10-22(33-23)18-6-8-19(9-7-18)26(31)32/h3-15,24-25H,1-2H3,(H,29,34)(H,31,32)/t24-,25+/m1/s1. The van der Waals surface area contributed by atoms with Crippen LogP contribution >= 0.6 is 12.2 Å². The van der Waals surface area contributed by atoms with Gasteiger partial charge in [-0.1, -0.05) is 24.3 Å². The van der Waals surface area contributed by atoms with Crippen molar-refractivity contribution in [2.75, 3.05) is 4.90 Å². The molecule has 2 aromatic carbocycles. The van der Waals surface area contributed by atoms with Crippen LogP contribution in [0.15, 0.2) is 83.4 Å². The fourth-order valence-corrected chi connectivity index (χ4v) is 4.80. The minimum atomic E-state index is -0.959. The van der Waals surface area contributed by atoms with E-state index in [-0.39, 0.29) is 17.6 Å². The van der Waals surface area contributed by atoms with Gasteiger partial charge < -0.3 is 19.7 Å². The zero-order chi connectivity index (χ0) is 23.8. The van der Waals surface area contributed by atoms with Crippen molar-refractivity contribution in [2.45, 2.75) is 25.9 Å². The molecule has 2 atom stereocenters. The van der Waals surface area contributed by atoms with Crippen molar-refractivity contribution in [3.8, 4) is 11.3 Å². The number of aromatic carboxylic acids is 1. The van der Waals surface area contributed by atoms with E-state index in [9.17, 15) is 9.90 Å². The first-order chi connectivity index (χ1) is 16.4. The van der Waals surface area contributed by atoms with Crippen LogP contribution in [-0.4, -0.2) is 21.2 Å². The predicted octanol–water partition coefficient (Wildman–Crippen LogP) is 5.83. The average Bonchev–Trinajstić information content (AvgIpc) is 3.43. The van der Waals surface area contributed by atoms with E-state index < -0.39 is 5.97 Å². The van der Waals surface area contributed by atoms with Gasteiger partial charge in [-0.15, -0.1) is 0 Å². The Morgan fingerprint density at radius 1 is 1.03 bits per heavy atom. The highest BCUT2D eigenvalue weighted by Crippen LogP contribution is 2.43. The third-order valence-electron chi connectivity index (χ3n) is 5.92. The number of carboxylic acid groups (broad SMARTS) is 1. The Balaban J connectivity index is 1.58. The third kappa shape index (κ3) is 4.06. The summed E-state index contributed by atoms with van der Waals surface area (Å²) in [4.78, 5) is 17.9. The SMILES string of the molecule is Cc1cc(C)cc(N2C(=S)N[C@H](c3ccccn3)[C@@H]2c2ccc(-c3ccc(C(=O)O)cc3)o2)c1. The molecule has 34 heavy (non-hydrogen) atoms. The van der Waals surface area contributed by atoms with Gasteiger partial charge in [0.1, 0.15) is 17.6 Å². The third-order valence-corrected chi connectivity index (χ3v) is 6.23. The van der Waals surface area contributed by atoms with Gasteiger partial charge in [0.25, 0.3) is 0 Å². The molecule has 4 aromatic rings. The molecule has 5 rings (SSSR count). The smallest absolute Gasteiger partial charge is 0.335 e. The van der Waals surface area contributed by atoms with Crippen LogP contribution in [0.25, 0.3) is 11.3 Å². The molecule has 1 aliphatic rings. The number of aryl methyl sites for hydroxylation is 2. The lowest BCUT2D eigenvalue weighted by atomic mass is 10.0. The number of pyridine rings is 1. The lowest BCUT2D eigenvalue weighted by Gasteiger charge is -2.26. The summed E-state index contributed by atoms with van der Waals surface area (Å²) in [5.41, 5.74) is 5.19. The van der Waals surface area contributed by atoms with Gasteiger partial charge in [0.15, 0.2) is 5.11 Å². The summed E-state index contributed by atoms with van der Waals surface area (Å²) in [5.74, 6) is 0.434. The van der Waals surface area contributed by atoms with Crippen molar-refractivity contribution in [3.05, 3.63) is 107 Å². The van der Waals surface area contributed by atoms with E-state index in [1.54, 1.807) is 30.5 Å². The van der Waals surface area contributed by atoms with Crippen LogP contribution in [0.3, 0.4) is 0 Å². The minimum absolute atomic E-state index is 0.206. The Labute approximate surface area is 202 Å². The monoisotopic (exact) mass is 469 g/mol. The van der Waals surface area contributed by atoms with E-state index in [0.29, 0.717) is 10.9 Å². The number of rotatable bonds is 5. The molecule has 170 valence electrons. The molecule has 1 aliphatic heterocycles. The molecule has 2 N–H and O–H groups in total. The molecule has 6 nitrogen and oxygen atoms in total. The molecule has 1 saturated heterocycles. The molecule has 0 unspecified atom stereocenters. The number of thiocarbonyl (C=S) groups is 1. The predicted molar refractivity (Wildman–Crippen MR) is 135 cm³/mol. The maximum absolute atomic E-state index is 11.2. The second kappa shape index (κ2) is 8.76. The highest BCUT2D eigenvalue weighted by molar-refractivity contribution is 7.80. The molecule has 0 spiro atoms. The summed E-state index contributed by atoms with van der Waals surface area (Å²) in [5, 5.41) is 13.2. The van der Waals surface area contributed by atoms with Gasteiger partial charge in [0.05, 0.1) is 17.3 Å². The van der Waals surface area contributed by atoms with Crippen LogP contribution in [-0.2, 0) is 0 Å². The lowest BCUT2D eigenvalue weighted by molar-refractivity contribution is 0.0697. The molecule has 0 amide bonds. The van der Waals surface area contributed by atoms with E-state index in [1.807, 2.05) is 30.3 Å². The summed E-state index contributed by atoms with van der Waals surface area (Å²) in [6.07, 6.45) is 1.77. The normalized spacial score (nSPS) is 17.6. The largest absolute Gasteiger partial charge is 0.478 e. The Kier molecular flexibility index (Phi) is 5.63. The quantitative estimate of drug-likeness (QED) is 0.356. The Hall–Kier alpha value is -3.97. The van der Waals surface area contributed by atoms with Crippen LogP contribution < -0.4 is 10.2 Å². The van der Waals surface area contributed by atoms with Crippen molar-refractivity contribution in [1.82, 2.24) is 10.3 Å². The molecule has 3 heterocycles. The van der Waals surface area contributed by atoms with E-state index in [4.69, 9.17) is 16.6 Å². The molecule has 0 radical (unpaired) electrons. The first-order valence-electron chi connectivity index (χ1n) is 10.9. The average molecular weight is 470 g/mol. The molecule has 1 fully saturated rings. The van der Waals surface area contributed by atoms with Crippen LogP contribution in [0.4, 0.5) is 5.69 Å². The van der Waals surface area contributed by atoms with Crippen molar-refractivity contribution in [3.63, 3.8) is 0 Å². The number of hydrogen-bond donors (Lipinski definition) is 2. The fraction of sp³-hybridized carbons (Fsp3) is 0.148. The lowest BCUT2D eigenvalue weighted by Crippen LogP contribution is -2.29. The number of carboxylic acids is 1. The molecule has 2 aromatic heterocycles. The number of hydrogen-bond acceptors (Lipinski definition) is 4. The van der Waals surface area contributed by atoms with Gasteiger partial charge in [0, 0.05) is 17.4 Å². The fourth-order valence-electron chi connectivity index (χ4n) is 4.46. The van der Waals surface area contributed by atoms with E-state index in [1.165, 1.54) is 0 Å². The maximum atomic E-state index is 11.2. The minimum Gasteiger partial charge on any atom is -0.478 e. The number of carbonyl (C=O) groups is 1. The summed E-state index contributed by atoms with van der Waals surface area (Å²) < 4.78 is 6.35. The van der Waals surface area contributed by atoms with Crippen molar-refractivity contribution in [1.29, 1.82) is 0 Å². The summed E-state index contributed by atoms with van der Waals surface area (Å²) in [6.45, 7) is 4.14. The zero-order valence-corrected chi connectivity index (χ0v) is 19.5. The number of furan rings is 1. The molecule has 7 heteroatoms. The van der Waals surface area contributed by atoms with E-state index in [0.717, 1.165) is 33.8 Å². The van der Waals surface area contributed by atoms with Crippen LogP contribution in [0, 0.1) is 13.8 Å². The van der Waals surface area contributed by atoms with Gasteiger partial charge in [-0.05, 0) is 85.7 Å². The number of benzene rings is 2.